The number of nitrogens with one attached hydrogen (secondary N) is 2. The van der Waals surface area contributed by atoms with E-state index in [1.807, 2.05) is 47.2 Å². The van der Waals surface area contributed by atoms with Gasteiger partial charge in [-0.2, -0.15) is 8.42 Å². The molecule has 0 aliphatic heterocycles. The summed E-state index contributed by atoms with van der Waals surface area (Å²) < 4.78 is 39.1. The Morgan fingerprint density at radius 1 is 0.730 bits per heavy atom. The van der Waals surface area contributed by atoms with Gasteiger partial charge in [-0.3, -0.25) is 0 Å². The molecule has 4 rings (SSSR count). The van der Waals surface area contributed by atoms with E-state index in [1.165, 1.54) is 12.3 Å². The van der Waals surface area contributed by atoms with Gasteiger partial charge in [0, 0.05) is 24.0 Å². The Kier molecular flexibility index (Phi) is 8.22. The summed E-state index contributed by atoms with van der Waals surface area (Å²) >= 11 is 0. The normalized spacial score (nSPS) is 10.9. The maximum absolute atomic E-state index is 13.1. The van der Waals surface area contributed by atoms with Crippen molar-refractivity contribution in [3.05, 3.63) is 126 Å². The average Bonchev–Trinajstić information content (AvgIpc) is 3.36. The van der Waals surface area contributed by atoms with Crippen molar-refractivity contribution in [2.45, 2.75) is 19.8 Å². The first-order valence-electron chi connectivity index (χ1n) is 11.4. The van der Waals surface area contributed by atoms with Crippen LogP contribution in [0.3, 0.4) is 0 Å². The third kappa shape index (κ3) is 6.98. The van der Waals surface area contributed by atoms with Gasteiger partial charge < -0.3 is 14.8 Å². The van der Waals surface area contributed by atoms with E-state index in [0.29, 0.717) is 15.1 Å². The van der Waals surface area contributed by atoms with Crippen LogP contribution in [-0.2, 0) is 39.4 Å². The highest BCUT2D eigenvalue weighted by molar-refractivity contribution is 7.88. The summed E-state index contributed by atoms with van der Waals surface area (Å²) in [5, 5.41) is 3.15. The number of rotatable bonds is 10. The summed E-state index contributed by atoms with van der Waals surface area (Å²) in [7, 11) is -4.52. The van der Waals surface area contributed by atoms with Crippen LogP contribution in [0.4, 0.5) is 10.5 Å². The van der Waals surface area contributed by atoms with E-state index in [-0.39, 0.29) is 25.5 Å². The van der Waals surface area contributed by atoms with E-state index >= 15 is 0 Å². The topological polar surface area (TPSA) is 116 Å². The molecule has 2 N–H and O–H groups in total. The fraction of sp³-hybridized carbons (Fsp3) is 0.111. The molecular formula is C27H25N3O6S. The van der Waals surface area contributed by atoms with Gasteiger partial charge in [0.15, 0.2) is 0 Å². The van der Waals surface area contributed by atoms with E-state index in [4.69, 9.17) is 9.47 Å². The number of hydrogen-bond acceptors (Lipinski definition) is 7. The first-order chi connectivity index (χ1) is 17.9. The summed E-state index contributed by atoms with van der Waals surface area (Å²) in [6.45, 7) is -0.0319. The summed E-state index contributed by atoms with van der Waals surface area (Å²) in [5.41, 5.74) is 2.34. The number of ether oxygens (including phenoxy) is 2. The lowest BCUT2D eigenvalue weighted by Gasteiger charge is -2.14. The minimum Gasteiger partial charge on any atom is -0.456 e. The molecule has 4 aromatic rings. The Hall–Kier alpha value is -4.57. The van der Waals surface area contributed by atoms with E-state index in [2.05, 4.69) is 5.32 Å². The SMILES string of the molecule is O=C(NS(=O)(=O)n1ccc(CNc2ccccc2)c1C(=O)OCc1ccccc1)OCc1ccccc1. The lowest BCUT2D eigenvalue weighted by Crippen LogP contribution is -2.37. The molecule has 0 fully saturated rings. The number of aromatic nitrogens is 1. The monoisotopic (exact) mass is 519 g/mol. The molecule has 10 heteroatoms. The Bertz CT molecular complexity index is 1440. The van der Waals surface area contributed by atoms with Crippen molar-refractivity contribution in [2.75, 3.05) is 5.32 Å². The molecule has 1 amide bonds. The number of carbonyl (C=O) groups excluding carboxylic acids is 2. The second-order valence-electron chi connectivity index (χ2n) is 7.94. The second-order valence-corrected chi connectivity index (χ2v) is 9.48. The van der Waals surface area contributed by atoms with Crippen molar-refractivity contribution in [3.63, 3.8) is 0 Å². The fourth-order valence-corrected chi connectivity index (χ4v) is 4.49. The molecule has 1 aromatic heterocycles. The lowest BCUT2D eigenvalue weighted by atomic mass is 10.2. The highest BCUT2D eigenvalue weighted by Gasteiger charge is 2.27. The molecule has 1 heterocycles. The third-order valence-electron chi connectivity index (χ3n) is 5.28. The van der Waals surface area contributed by atoms with Crippen molar-refractivity contribution in [2.24, 2.45) is 0 Å². The van der Waals surface area contributed by atoms with Gasteiger partial charge >= 0.3 is 22.3 Å². The van der Waals surface area contributed by atoms with Crippen molar-refractivity contribution < 1.29 is 27.5 Å². The van der Waals surface area contributed by atoms with Gasteiger partial charge in [-0.25, -0.2) is 18.3 Å². The van der Waals surface area contributed by atoms with E-state index in [1.54, 1.807) is 48.5 Å². The van der Waals surface area contributed by atoms with Crippen LogP contribution >= 0.6 is 0 Å². The minimum atomic E-state index is -4.52. The van der Waals surface area contributed by atoms with Crippen LogP contribution < -0.4 is 10.0 Å². The predicted molar refractivity (Wildman–Crippen MR) is 138 cm³/mol. The van der Waals surface area contributed by atoms with Gasteiger partial charge in [-0.15, -0.1) is 0 Å². The standard InChI is InChI=1S/C27H25N3O6S/c31-26(35-19-21-10-4-1-5-11-21)25-23(18-28-24-14-8-3-9-15-24)16-17-30(25)37(33,34)29-27(32)36-20-22-12-6-2-7-13-22/h1-17,28H,18-20H2,(H,29,32). The second kappa shape index (κ2) is 11.9. The van der Waals surface area contributed by atoms with Gasteiger partial charge in [0.2, 0.25) is 0 Å². The quantitative estimate of drug-likeness (QED) is 0.297. The van der Waals surface area contributed by atoms with Crippen molar-refractivity contribution in [1.82, 2.24) is 8.69 Å². The number of carbonyl (C=O) groups is 2. The number of hydrogen-bond donors (Lipinski definition) is 2. The lowest BCUT2D eigenvalue weighted by molar-refractivity contribution is 0.0463. The molecule has 0 aliphatic carbocycles. The molecule has 0 atom stereocenters. The van der Waals surface area contributed by atoms with Crippen LogP contribution in [0.25, 0.3) is 0 Å². The highest BCUT2D eigenvalue weighted by atomic mass is 32.2. The number of para-hydroxylation sites is 1. The first kappa shape index (κ1) is 25.5. The number of benzene rings is 3. The molecule has 0 radical (unpaired) electrons. The molecule has 9 nitrogen and oxygen atoms in total. The number of anilines is 1. The van der Waals surface area contributed by atoms with Gasteiger partial charge in [0.1, 0.15) is 18.9 Å². The van der Waals surface area contributed by atoms with Crippen LogP contribution in [0, 0.1) is 0 Å². The van der Waals surface area contributed by atoms with E-state index in [0.717, 1.165) is 11.3 Å². The van der Waals surface area contributed by atoms with Gasteiger partial charge in [-0.05, 0) is 29.3 Å². The summed E-state index contributed by atoms with van der Waals surface area (Å²) in [6, 6.07) is 28.5. The van der Waals surface area contributed by atoms with Crippen LogP contribution in [-0.4, -0.2) is 24.5 Å². The van der Waals surface area contributed by atoms with Crippen molar-refractivity contribution in [1.29, 1.82) is 0 Å². The zero-order valence-electron chi connectivity index (χ0n) is 19.7. The van der Waals surface area contributed by atoms with Crippen LogP contribution in [0.5, 0.6) is 0 Å². The largest absolute Gasteiger partial charge is 0.456 e. The van der Waals surface area contributed by atoms with Crippen LogP contribution in [0.1, 0.15) is 27.2 Å². The molecule has 0 saturated carbocycles. The molecule has 0 spiro atoms. The minimum absolute atomic E-state index is 0.0526. The molecule has 37 heavy (non-hydrogen) atoms. The Morgan fingerprint density at radius 2 is 1.27 bits per heavy atom. The van der Waals surface area contributed by atoms with Crippen LogP contribution in [0.2, 0.25) is 0 Å². The Labute approximate surface area is 214 Å². The maximum atomic E-state index is 13.1. The molecule has 3 aromatic carbocycles. The van der Waals surface area contributed by atoms with Gasteiger partial charge in [-0.1, -0.05) is 78.9 Å². The maximum Gasteiger partial charge on any atom is 0.422 e. The number of amides is 1. The summed E-state index contributed by atoms with van der Waals surface area (Å²) in [5.74, 6) is -0.859. The first-order valence-corrected chi connectivity index (χ1v) is 12.8. The van der Waals surface area contributed by atoms with Crippen molar-refractivity contribution >= 4 is 28.0 Å². The molecular weight excluding hydrogens is 494 g/mol. The zero-order chi connectivity index (χ0) is 26.1. The molecule has 0 saturated heterocycles. The van der Waals surface area contributed by atoms with E-state index < -0.39 is 22.3 Å². The highest BCUT2D eigenvalue weighted by Crippen LogP contribution is 2.18. The van der Waals surface area contributed by atoms with Crippen LogP contribution in [0.15, 0.2) is 103 Å². The molecule has 190 valence electrons. The van der Waals surface area contributed by atoms with Crippen molar-refractivity contribution in [3.8, 4) is 0 Å². The Morgan fingerprint density at radius 3 is 1.86 bits per heavy atom. The zero-order valence-corrected chi connectivity index (χ0v) is 20.6. The van der Waals surface area contributed by atoms with Gasteiger partial charge in [0.25, 0.3) is 0 Å². The Balaban J connectivity index is 1.53. The summed E-state index contributed by atoms with van der Waals surface area (Å²) in [6.07, 6.45) is 0.0126. The molecule has 0 bridgehead atoms. The summed E-state index contributed by atoms with van der Waals surface area (Å²) in [4.78, 5) is 25.4. The number of nitrogens with zero attached hydrogens (tertiary/aromatic N) is 1. The van der Waals surface area contributed by atoms with Gasteiger partial charge in [0.05, 0.1) is 0 Å². The molecule has 0 aliphatic rings. The van der Waals surface area contributed by atoms with E-state index in [9.17, 15) is 18.0 Å². The third-order valence-corrected chi connectivity index (χ3v) is 6.53. The fourth-order valence-electron chi connectivity index (χ4n) is 3.47. The number of esters is 1. The predicted octanol–water partition coefficient (Wildman–Crippen LogP) is 4.48. The molecule has 0 unspecified atom stereocenters. The smallest absolute Gasteiger partial charge is 0.422 e. The average molecular weight is 520 g/mol.